The molecule has 1 saturated heterocycles. The van der Waals surface area contributed by atoms with Crippen molar-refractivity contribution in [2.45, 2.75) is 24.7 Å². The zero-order valence-corrected chi connectivity index (χ0v) is 17.5. The van der Waals surface area contributed by atoms with Crippen molar-refractivity contribution < 1.29 is 22.3 Å². The van der Waals surface area contributed by atoms with Crippen LogP contribution in [0.2, 0.25) is 5.02 Å². The second-order valence-electron chi connectivity index (χ2n) is 6.70. The molecule has 1 N–H and O–H groups in total. The van der Waals surface area contributed by atoms with Crippen LogP contribution in [0.1, 0.15) is 19.8 Å². The Morgan fingerprint density at radius 3 is 2.45 bits per heavy atom. The fourth-order valence-corrected chi connectivity index (χ4v) is 4.79. The van der Waals surface area contributed by atoms with Gasteiger partial charge < -0.3 is 10.1 Å². The van der Waals surface area contributed by atoms with Gasteiger partial charge in [-0.2, -0.15) is 4.31 Å². The topological polar surface area (TPSA) is 75.7 Å². The van der Waals surface area contributed by atoms with Crippen LogP contribution in [-0.4, -0.2) is 38.3 Å². The van der Waals surface area contributed by atoms with Gasteiger partial charge in [-0.25, -0.2) is 12.8 Å². The Labute approximate surface area is 174 Å². The lowest BCUT2D eigenvalue weighted by molar-refractivity contribution is -0.120. The maximum atomic E-state index is 13.5. The molecule has 1 aliphatic heterocycles. The molecule has 156 valence electrons. The molecule has 0 saturated carbocycles. The summed E-state index contributed by atoms with van der Waals surface area (Å²) in [6.07, 6.45) is 0.774. The second kappa shape index (κ2) is 9.11. The number of carbonyl (C=O) groups is 1. The highest BCUT2D eigenvalue weighted by Crippen LogP contribution is 2.26. The van der Waals surface area contributed by atoms with Gasteiger partial charge in [-0.1, -0.05) is 11.6 Å². The average Bonchev–Trinajstić information content (AvgIpc) is 2.71. The molecule has 3 rings (SSSR count). The molecule has 0 bridgehead atoms. The molecule has 2 aromatic carbocycles. The van der Waals surface area contributed by atoms with Crippen molar-refractivity contribution in [2.24, 2.45) is 5.92 Å². The third-order valence-corrected chi connectivity index (χ3v) is 7.00. The van der Waals surface area contributed by atoms with Gasteiger partial charge in [0.25, 0.3) is 0 Å². The molecular formula is C20H22ClFN2O4S. The van der Waals surface area contributed by atoms with Crippen LogP contribution in [0.4, 0.5) is 10.1 Å². The summed E-state index contributed by atoms with van der Waals surface area (Å²) >= 11 is 5.64. The van der Waals surface area contributed by atoms with Gasteiger partial charge in [0.05, 0.1) is 16.5 Å². The van der Waals surface area contributed by atoms with Gasteiger partial charge in [-0.05, 0) is 62.2 Å². The number of piperidine rings is 1. The fourth-order valence-electron chi connectivity index (χ4n) is 3.20. The molecule has 0 unspecified atom stereocenters. The monoisotopic (exact) mass is 440 g/mol. The van der Waals surface area contributed by atoms with Crippen molar-refractivity contribution in [2.75, 3.05) is 25.0 Å². The molecule has 0 atom stereocenters. The van der Waals surface area contributed by atoms with Crippen LogP contribution >= 0.6 is 11.6 Å². The zero-order chi connectivity index (χ0) is 21.0. The van der Waals surface area contributed by atoms with Gasteiger partial charge in [-0.15, -0.1) is 0 Å². The number of carbonyl (C=O) groups excluding carboxylic acids is 1. The number of nitrogens with one attached hydrogen (secondary N) is 1. The summed E-state index contributed by atoms with van der Waals surface area (Å²) in [5, 5.41) is 2.65. The molecular weight excluding hydrogens is 419 g/mol. The predicted molar refractivity (Wildman–Crippen MR) is 109 cm³/mol. The molecule has 2 aromatic rings. The number of hydrogen-bond acceptors (Lipinski definition) is 4. The number of sulfonamides is 1. The van der Waals surface area contributed by atoms with Crippen molar-refractivity contribution in [1.29, 1.82) is 0 Å². The van der Waals surface area contributed by atoms with Gasteiger partial charge in [0, 0.05) is 24.7 Å². The van der Waals surface area contributed by atoms with Crippen molar-refractivity contribution in [3.63, 3.8) is 0 Å². The van der Waals surface area contributed by atoms with E-state index in [1.807, 2.05) is 6.92 Å². The summed E-state index contributed by atoms with van der Waals surface area (Å²) in [5.41, 5.74) is 0.321. The Morgan fingerprint density at radius 2 is 1.86 bits per heavy atom. The molecule has 1 fully saturated rings. The zero-order valence-electron chi connectivity index (χ0n) is 15.9. The number of halogens is 2. The van der Waals surface area contributed by atoms with Crippen LogP contribution in [-0.2, 0) is 14.8 Å². The molecule has 0 spiro atoms. The molecule has 1 heterocycles. The van der Waals surface area contributed by atoms with E-state index in [9.17, 15) is 17.6 Å². The first kappa shape index (κ1) is 21.5. The maximum absolute atomic E-state index is 13.5. The first-order valence-corrected chi connectivity index (χ1v) is 11.1. The van der Waals surface area contributed by atoms with E-state index in [0.29, 0.717) is 30.9 Å². The summed E-state index contributed by atoms with van der Waals surface area (Å²) in [6, 6.07) is 10.4. The number of ether oxygens (including phenoxy) is 1. The number of amides is 1. The van der Waals surface area contributed by atoms with Crippen LogP contribution in [0.5, 0.6) is 5.75 Å². The fraction of sp³-hybridized carbons (Fsp3) is 0.350. The number of anilines is 1. The molecule has 29 heavy (non-hydrogen) atoms. The number of benzene rings is 2. The van der Waals surface area contributed by atoms with Gasteiger partial charge in [0.2, 0.25) is 15.9 Å². The highest BCUT2D eigenvalue weighted by atomic mass is 35.5. The van der Waals surface area contributed by atoms with Crippen LogP contribution < -0.4 is 10.1 Å². The Balaban J connectivity index is 1.60. The van der Waals surface area contributed by atoms with Gasteiger partial charge in [0.15, 0.2) is 0 Å². The maximum Gasteiger partial charge on any atom is 0.243 e. The summed E-state index contributed by atoms with van der Waals surface area (Å²) < 4.78 is 45.9. The minimum atomic E-state index is -3.63. The predicted octanol–water partition coefficient (Wildman–Crippen LogP) is 3.92. The van der Waals surface area contributed by atoms with Gasteiger partial charge in [0.1, 0.15) is 11.6 Å². The minimum Gasteiger partial charge on any atom is -0.494 e. The first-order valence-electron chi connectivity index (χ1n) is 9.30. The number of rotatable bonds is 6. The molecule has 0 aliphatic carbocycles. The van der Waals surface area contributed by atoms with E-state index in [4.69, 9.17) is 16.3 Å². The molecule has 0 radical (unpaired) electrons. The number of nitrogens with zero attached hydrogens (tertiary/aromatic N) is 1. The third kappa shape index (κ3) is 5.07. The normalized spacial score (nSPS) is 15.8. The van der Waals surface area contributed by atoms with Gasteiger partial charge in [-0.3, -0.25) is 4.79 Å². The van der Waals surface area contributed by atoms with E-state index < -0.39 is 15.8 Å². The van der Waals surface area contributed by atoms with Crippen molar-refractivity contribution in [3.05, 3.63) is 53.3 Å². The SMILES string of the molecule is CCOc1ccc(S(=O)(=O)N2CCC(C(=O)Nc3ccc(Cl)c(F)c3)CC2)cc1. The smallest absolute Gasteiger partial charge is 0.243 e. The second-order valence-corrected chi connectivity index (χ2v) is 9.05. The average molecular weight is 441 g/mol. The lowest BCUT2D eigenvalue weighted by Crippen LogP contribution is -2.41. The Hall–Kier alpha value is -2.16. The Bertz CT molecular complexity index is 974. The van der Waals surface area contributed by atoms with E-state index >= 15 is 0 Å². The summed E-state index contributed by atoms with van der Waals surface area (Å²) in [5.74, 6) is -0.605. The van der Waals surface area contributed by atoms with Crippen LogP contribution in [0.15, 0.2) is 47.4 Å². The molecule has 1 aliphatic rings. The molecule has 0 aromatic heterocycles. The van der Waals surface area contributed by atoms with Crippen LogP contribution in [0.25, 0.3) is 0 Å². The van der Waals surface area contributed by atoms with Crippen molar-refractivity contribution in [1.82, 2.24) is 4.31 Å². The standard InChI is InChI=1S/C20H22ClFN2O4S/c1-2-28-16-4-6-17(7-5-16)29(26,27)24-11-9-14(10-12-24)20(25)23-15-3-8-18(21)19(22)13-15/h3-8,13-14H,2,9-12H2,1H3,(H,23,25). The van der Waals surface area contributed by atoms with Crippen molar-refractivity contribution in [3.8, 4) is 5.75 Å². The largest absolute Gasteiger partial charge is 0.494 e. The Kier molecular flexibility index (Phi) is 6.77. The quantitative estimate of drug-likeness (QED) is 0.738. The molecule has 1 amide bonds. The highest BCUT2D eigenvalue weighted by Gasteiger charge is 2.32. The highest BCUT2D eigenvalue weighted by molar-refractivity contribution is 7.89. The van der Waals surface area contributed by atoms with E-state index in [1.165, 1.54) is 28.6 Å². The van der Waals surface area contributed by atoms with Crippen molar-refractivity contribution >= 4 is 33.2 Å². The summed E-state index contributed by atoms with van der Waals surface area (Å²) in [6.45, 7) is 2.84. The van der Waals surface area contributed by atoms with E-state index in [-0.39, 0.29) is 34.8 Å². The summed E-state index contributed by atoms with van der Waals surface area (Å²) in [7, 11) is -3.63. The third-order valence-electron chi connectivity index (χ3n) is 4.78. The lowest BCUT2D eigenvalue weighted by atomic mass is 9.97. The summed E-state index contributed by atoms with van der Waals surface area (Å²) in [4.78, 5) is 12.6. The first-order chi connectivity index (χ1) is 13.8. The van der Waals surface area contributed by atoms with E-state index in [0.717, 1.165) is 6.07 Å². The lowest BCUT2D eigenvalue weighted by Gasteiger charge is -2.30. The van der Waals surface area contributed by atoms with Gasteiger partial charge >= 0.3 is 0 Å². The molecule has 9 heteroatoms. The molecule has 6 nitrogen and oxygen atoms in total. The Morgan fingerprint density at radius 1 is 1.21 bits per heavy atom. The van der Waals surface area contributed by atoms with E-state index in [2.05, 4.69) is 5.32 Å². The van der Waals surface area contributed by atoms with E-state index in [1.54, 1.807) is 12.1 Å². The number of hydrogen-bond donors (Lipinski definition) is 1. The van der Waals surface area contributed by atoms with Crippen LogP contribution in [0, 0.1) is 11.7 Å². The minimum absolute atomic E-state index is 0.0178. The van der Waals surface area contributed by atoms with Crippen LogP contribution in [0.3, 0.4) is 0 Å².